The van der Waals surface area contributed by atoms with Crippen LogP contribution < -0.4 is 10.1 Å². The van der Waals surface area contributed by atoms with Gasteiger partial charge in [0.25, 0.3) is 0 Å². The molecule has 1 aliphatic heterocycles. The van der Waals surface area contributed by atoms with Crippen LogP contribution in [-0.2, 0) is 16.1 Å². The molecule has 6 heteroatoms. The topological polar surface area (TPSA) is 50.8 Å². The minimum Gasteiger partial charge on any atom is -0.497 e. The second-order valence-electron chi connectivity index (χ2n) is 6.16. The number of nitrogens with zero attached hydrogens (tertiary/aromatic N) is 1. The van der Waals surface area contributed by atoms with Crippen LogP contribution in [0.15, 0.2) is 41.8 Å². The lowest BCUT2D eigenvalue weighted by Gasteiger charge is -2.24. The van der Waals surface area contributed by atoms with Crippen LogP contribution in [0.4, 0.5) is 5.69 Å². The van der Waals surface area contributed by atoms with Crippen molar-refractivity contribution in [2.24, 2.45) is 0 Å². The molecule has 1 N–H and O–H groups in total. The quantitative estimate of drug-likeness (QED) is 0.784. The molecule has 3 rings (SSSR count). The predicted octanol–water partition coefficient (Wildman–Crippen LogP) is 3.38. The lowest BCUT2D eigenvalue weighted by atomic mass is 10.2. The molecular formula is C19H24N2O3S. The molecule has 1 aliphatic rings. The summed E-state index contributed by atoms with van der Waals surface area (Å²) in [5.41, 5.74) is 0.748. The van der Waals surface area contributed by atoms with E-state index < -0.39 is 0 Å². The largest absolute Gasteiger partial charge is 0.497 e. The zero-order valence-corrected chi connectivity index (χ0v) is 15.3. The summed E-state index contributed by atoms with van der Waals surface area (Å²) >= 11 is 1.71. The Kier molecular flexibility index (Phi) is 6.44. The first kappa shape index (κ1) is 17.9. The first-order valence-corrected chi connectivity index (χ1v) is 9.41. The summed E-state index contributed by atoms with van der Waals surface area (Å²) < 4.78 is 10.9. The Balaban J connectivity index is 1.60. The van der Waals surface area contributed by atoms with E-state index in [9.17, 15) is 4.79 Å². The number of rotatable bonds is 8. The Labute approximate surface area is 152 Å². The summed E-state index contributed by atoms with van der Waals surface area (Å²) in [7, 11) is 1.62. The minimum absolute atomic E-state index is 0.0252. The Bertz CT molecular complexity index is 669. The van der Waals surface area contributed by atoms with E-state index in [1.807, 2.05) is 30.3 Å². The first-order chi connectivity index (χ1) is 12.2. The summed E-state index contributed by atoms with van der Waals surface area (Å²) in [4.78, 5) is 15.9. The molecule has 0 bridgehead atoms. The molecule has 0 spiro atoms. The van der Waals surface area contributed by atoms with Crippen molar-refractivity contribution in [1.29, 1.82) is 0 Å². The lowest BCUT2D eigenvalue weighted by molar-refractivity contribution is -0.117. The van der Waals surface area contributed by atoms with Gasteiger partial charge in [-0.2, -0.15) is 0 Å². The van der Waals surface area contributed by atoms with Crippen molar-refractivity contribution < 1.29 is 14.3 Å². The lowest BCUT2D eigenvalue weighted by Crippen LogP contribution is -2.37. The minimum atomic E-state index is -0.0252. The summed E-state index contributed by atoms with van der Waals surface area (Å²) in [6.07, 6.45) is 2.40. The van der Waals surface area contributed by atoms with E-state index >= 15 is 0 Å². The molecule has 2 aromatic rings. The van der Waals surface area contributed by atoms with Crippen LogP contribution >= 0.6 is 11.3 Å². The molecule has 1 fully saturated rings. The molecule has 0 aliphatic carbocycles. The third-order valence-corrected chi connectivity index (χ3v) is 5.03. The van der Waals surface area contributed by atoms with Gasteiger partial charge in [-0.3, -0.25) is 9.69 Å². The van der Waals surface area contributed by atoms with Crippen LogP contribution in [0.2, 0.25) is 0 Å². The van der Waals surface area contributed by atoms with E-state index in [-0.39, 0.29) is 12.0 Å². The number of ether oxygens (including phenoxy) is 2. The maximum atomic E-state index is 12.5. The molecule has 1 atom stereocenters. The van der Waals surface area contributed by atoms with E-state index in [4.69, 9.17) is 9.47 Å². The van der Waals surface area contributed by atoms with Gasteiger partial charge in [-0.15, -0.1) is 11.3 Å². The molecule has 1 unspecified atom stereocenters. The van der Waals surface area contributed by atoms with Crippen LogP contribution in [0.5, 0.6) is 5.75 Å². The van der Waals surface area contributed by atoms with Gasteiger partial charge in [-0.05, 0) is 36.4 Å². The summed E-state index contributed by atoms with van der Waals surface area (Å²) in [5.74, 6) is 0.704. The Morgan fingerprint density at radius 2 is 2.32 bits per heavy atom. The van der Waals surface area contributed by atoms with E-state index in [0.717, 1.165) is 44.0 Å². The normalized spacial score (nSPS) is 17.0. The van der Waals surface area contributed by atoms with E-state index in [1.54, 1.807) is 18.4 Å². The smallest absolute Gasteiger partial charge is 0.238 e. The third-order valence-electron chi connectivity index (χ3n) is 4.17. The zero-order valence-electron chi connectivity index (χ0n) is 14.4. The molecule has 1 amide bonds. The number of anilines is 1. The fraction of sp³-hybridized carbons (Fsp3) is 0.421. The van der Waals surface area contributed by atoms with Gasteiger partial charge < -0.3 is 14.8 Å². The van der Waals surface area contributed by atoms with Gasteiger partial charge in [0.2, 0.25) is 5.91 Å². The number of methoxy groups -OCH3 is 1. The molecule has 25 heavy (non-hydrogen) atoms. The molecule has 134 valence electrons. The average Bonchev–Trinajstić information content (AvgIpc) is 3.29. The van der Waals surface area contributed by atoms with Gasteiger partial charge in [0, 0.05) is 36.3 Å². The Morgan fingerprint density at radius 3 is 3.04 bits per heavy atom. The van der Waals surface area contributed by atoms with Crippen molar-refractivity contribution in [2.75, 3.05) is 32.1 Å². The Hall–Kier alpha value is -1.89. The number of benzene rings is 1. The maximum Gasteiger partial charge on any atom is 0.238 e. The van der Waals surface area contributed by atoms with Crippen molar-refractivity contribution in [3.8, 4) is 5.75 Å². The first-order valence-electron chi connectivity index (χ1n) is 8.53. The molecule has 1 aromatic carbocycles. The maximum absolute atomic E-state index is 12.5. The number of hydrogen-bond donors (Lipinski definition) is 1. The number of amides is 1. The summed E-state index contributed by atoms with van der Waals surface area (Å²) in [5, 5.41) is 5.02. The van der Waals surface area contributed by atoms with Crippen LogP contribution in [0.3, 0.4) is 0 Å². The van der Waals surface area contributed by atoms with Gasteiger partial charge in [-0.1, -0.05) is 12.1 Å². The zero-order chi connectivity index (χ0) is 17.5. The van der Waals surface area contributed by atoms with Crippen molar-refractivity contribution >= 4 is 22.9 Å². The monoisotopic (exact) mass is 360 g/mol. The second-order valence-corrected chi connectivity index (χ2v) is 7.20. The highest BCUT2D eigenvalue weighted by Crippen LogP contribution is 2.19. The number of hydrogen-bond acceptors (Lipinski definition) is 5. The number of carbonyl (C=O) groups is 1. The van der Waals surface area contributed by atoms with Crippen molar-refractivity contribution in [3.63, 3.8) is 0 Å². The van der Waals surface area contributed by atoms with Gasteiger partial charge in [-0.25, -0.2) is 0 Å². The van der Waals surface area contributed by atoms with E-state index in [1.165, 1.54) is 4.88 Å². The van der Waals surface area contributed by atoms with Crippen LogP contribution in [0.1, 0.15) is 17.7 Å². The standard InChI is InChI=1S/C19H24N2O3S/c1-23-16-6-2-5-15(11-16)20-19(22)14-21(12-17-7-3-9-24-17)13-18-8-4-10-25-18/h2,4-6,8,10-11,17H,3,7,9,12-14H2,1H3,(H,20,22). The van der Waals surface area contributed by atoms with Crippen molar-refractivity contribution in [3.05, 3.63) is 46.7 Å². The molecule has 1 saturated heterocycles. The van der Waals surface area contributed by atoms with Gasteiger partial charge in [0.05, 0.1) is 19.8 Å². The van der Waals surface area contributed by atoms with Crippen molar-refractivity contribution in [2.45, 2.75) is 25.5 Å². The van der Waals surface area contributed by atoms with E-state index in [2.05, 4.69) is 21.7 Å². The molecule has 0 radical (unpaired) electrons. The highest BCUT2D eigenvalue weighted by atomic mass is 32.1. The van der Waals surface area contributed by atoms with Gasteiger partial charge in [0.15, 0.2) is 0 Å². The summed E-state index contributed by atoms with van der Waals surface area (Å²) in [6, 6.07) is 11.6. The number of nitrogens with one attached hydrogen (secondary N) is 1. The van der Waals surface area contributed by atoms with E-state index in [0.29, 0.717) is 6.54 Å². The Morgan fingerprint density at radius 1 is 1.40 bits per heavy atom. The number of thiophene rings is 1. The highest BCUT2D eigenvalue weighted by Gasteiger charge is 2.21. The SMILES string of the molecule is COc1cccc(NC(=O)CN(Cc2cccs2)CC2CCCO2)c1. The molecule has 1 aromatic heterocycles. The average molecular weight is 360 g/mol. The predicted molar refractivity (Wildman–Crippen MR) is 100 cm³/mol. The van der Waals surface area contributed by atoms with Crippen LogP contribution in [0, 0.1) is 0 Å². The fourth-order valence-corrected chi connectivity index (χ4v) is 3.73. The fourth-order valence-electron chi connectivity index (χ4n) is 2.99. The molecular weight excluding hydrogens is 336 g/mol. The van der Waals surface area contributed by atoms with Crippen molar-refractivity contribution in [1.82, 2.24) is 4.90 Å². The second kappa shape index (κ2) is 8.99. The molecule has 0 saturated carbocycles. The number of carbonyl (C=O) groups excluding carboxylic acids is 1. The van der Waals surface area contributed by atoms with Crippen LogP contribution in [-0.4, -0.2) is 43.7 Å². The molecule has 2 heterocycles. The van der Waals surface area contributed by atoms with Gasteiger partial charge in [0.1, 0.15) is 5.75 Å². The van der Waals surface area contributed by atoms with Crippen LogP contribution in [0.25, 0.3) is 0 Å². The van der Waals surface area contributed by atoms with Gasteiger partial charge >= 0.3 is 0 Å². The highest BCUT2D eigenvalue weighted by molar-refractivity contribution is 7.09. The summed E-state index contributed by atoms with van der Waals surface area (Å²) in [6.45, 7) is 2.72. The third kappa shape index (κ3) is 5.56. The molecule has 5 nitrogen and oxygen atoms in total.